The van der Waals surface area contributed by atoms with Gasteiger partial charge in [0.1, 0.15) is 11.8 Å². The van der Waals surface area contributed by atoms with Gasteiger partial charge in [0, 0.05) is 5.69 Å². The van der Waals surface area contributed by atoms with E-state index in [1.165, 1.54) is 7.11 Å². The number of rotatable bonds is 3. The summed E-state index contributed by atoms with van der Waals surface area (Å²) >= 11 is 0. The van der Waals surface area contributed by atoms with Crippen LogP contribution in [0.5, 0.6) is 5.75 Å². The maximum absolute atomic E-state index is 14.0. The summed E-state index contributed by atoms with van der Waals surface area (Å²) in [7, 11) is 1.51. The first-order chi connectivity index (χ1) is 10.1. The number of methoxy groups -OCH3 is 1. The van der Waals surface area contributed by atoms with Gasteiger partial charge in [0.25, 0.3) is 0 Å². The van der Waals surface area contributed by atoms with Crippen molar-refractivity contribution in [1.82, 2.24) is 0 Å². The van der Waals surface area contributed by atoms with Gasteiger partial charge in [-0.1, -0.05) is 30.3 Å². The minimum absolute atomic E-state index is 0.379. The van der Waals surface area contributed by atoms with Gasteiger partial charge in [0.15, 0.2) is 0 Å². The molecule has 0 aromatic heterocycles. The van der Waals surface area contributed by atoms with E-state index in [9.17, 15) is 13.6 Å². The van der Waals surface area contributed by atoms with Crippen molar-refractivity contribution in [3.63, 3.8) is 0 Å². The number of halogens is 2. The summed E-state index contributed by atoms with van der Waals surface area (Å²) < 4.78 is 33.0. The van der Waals surface area contributed by atoms with E-state index >= 15 is 0 Å². The number of amides is 1. The highest BCUT2D eigenvalue weighted by atomic mass is 19.3. The fourth-order valence-electron chi connectivity index (χ4n) is 2.49. The highest BCUT2D eigenvalue weighted by Gasteiger charge is 2.64. The predicted molar refractivity (Wildman–Crippen MR) is 74.6 cm³/mol. The minimum atomic E-state index is -3.38. The van der Waals surface area contributed by atoms with Crippen molar-refractivity contribution in [2.75, 3.05) is 12.0 Å². The number of alkyl halides is 2. The van der Waals surface area contributed by atoms with Crippen molar-refractivity contribution in [1.29, 1.82) is 0 Å². The number of anilines is 1. The Morgan fingerprint density at radius 2 is 1.67 bits per heavy atom. The van der Waals surface area contributed by atoms with E-state index in [2.05, 4.69) is 0 Å². The Bertz CT molecular complexity index is 656. The highest BCUT2D eigenvalue weighted by molar-refractivity contribution is 6.07. The van der Waals surface area contributed by atoms with Crippen LogP contribution in [0.25, 0.3) is 0 Å². The number of para-hydroxylation sites is 1. The van der Waals surface area contributed by atoms with E-state index in [4.69, 9.17) is 4.74 Å². The van der Waals surface area contributed by atoms with Crippen molar-refractivity contribution in [3.8, 4) is 5.75 Å². The maximum atomic E-state index is 14.0. The van der Waals surface area contributed by atoms with Crippen LogP contribution in [-0.2, 0) is 4.79 Å². The molecule has 1 amide bonds. The Morgan fingerprint density at radius 1 is 1.05 bits per heavy atom. The zero-order chi connectivity index (χ0) is 15.0. The maximum Gasteiger partial charge on any atom is 0.349 e. The van der Waals surface area contributed by atoms with Crippen LogP contribution in [0, 0.1) is 0 Å². The quantitative estimate of drug-likeness (QED) is 0.810. The van der Waals surface area contributed by atoms with Gasteiger partial charge in [0.2, 0.25) is 0 Å². The second-order valence-electron chi connectivity index (χ2n) is 4.81. The number of nitrogens with zero attached hydrogens (tertiary/aromatic N) is 1. The molecule has 1 atom stereocenters. The van der Waals surface area contributed by atoms with Crippen LogP contribution in [0.15, 0.2) is 54.6 Å². The second kappa shape index (κ2) is 4.84. The zero-order valence-electron chi connectivity index (χ0n) is 11.3. The molecule has 0 saturated carbocycles. The molecule has 108 valence electrons. The fraction of sp³-hybridized carbons (Fsp3) is 0.188. The Kier molecular flexibility index (Phi) is 3.12. The summed E-state index contributed by atoms with van der Waals surface area (Å²) in [6, 6.07) is 13.5. The molecule has 2 aromatic carbocycles. The van der Waals surface area contributed by atoms with Crippen LogP contribution < -0.4 is 9.64 Å². The Balaban J connectivity index is 1.99. The predicted octanol–water partition coefficient (Wildman–Crippen LogP) is 3.42. The fourth-order valence-corrected chi connectivity index (χ4v) is 2.49. The van der Waals surface area contributed by atoms with Crippen LogP contribution in [0.4, 0.5) is 14.5 Å². The zero-order valence-corrected chi connectivity index (χ0v) is 11.3. The molecule has 1 saturated heterocycles. The summed E-state index contributed by atoms with van der Waals surface area (Å²) in [4.78, 5) is 12.9. The van der Waals surface area contributed by atoms with E-state index in [0.29, 0.717) is 17.0 Å². The number of β-lactam (4-membered cyclic amide) rings is 1. The molecule has 5 heteroatoms. The van der Waals surface area contributed by atoms with Gasteiger partial charge in [-0.3, -0.25) is 9.69 Å². The van der Waals surface area contributed by atoms with Gasteiger partial charge in [0.05, 0.1) is 7.11 Å². The lowest BCUT2D eigenvalue weighted by atomic mass is 9.89. The van der Waals surface area contributed by atoms with Crippen LogP contribution in [0.2, 0.25) is 0 Å². The molecule has 0 aliphatic carbocycles. The molecule has 3 nitrogen and oxygen atoms in total. The molecule has 0 N–H and O–H groups in total. The standard InChI is InChI=1S/C16H13F2NO2/c1-21-13-9-7-11(8-10-13)14-16(17,18)15(20)19(14)12-5-3-2-4-6-12/h2-10,14H,1H3/t14-/m0/s1. The first-order valence-electron chi connectivity index (χ1n) is 6.46. The third-order valence-corrected chi connectivity index (χ3v) is 3.57. The smallest absolute Gasteiger partial charge is 0.349 e. The summed E-state index contributed by atoms with van der Waals surface area (Å²) in [5.74, 6) is -3.97. The molecular weight excluding hydrogens is 276 g/mol. The van der Waals surface area contributed by atoms with Gasteiger partial charge in [-0.05, 0) is 29.8 Å². The first kappa shape index (κ1) is 13.5. The van der Waals surface area contributed by atoms with Gasteiger partial charge in [-0.2, -0.15) is 8.78 Å². The molecule has 0 radical (unpaired) electrons. The van der Waals surface area contributed by atoms with Crippen molar-refractivity contribution in [2.24, 2.45) is 0 Å². The summed E-state index contributed by atoms with van der Waals surface area (Å²) in [5.41, 5.74) is 0.846. The molecule has 1 fully saturated rings. The lowest BCUT2D eigenvalue weighted by molar-refractivity contribution is -0.162. The summed E-state index contributed by atoms with van der Waals surface area (Å²) in [5, 5.41) is 0. The molecule has 21 heavy (non-hydrogen) atoms. The van der Waals surface area contributed by atoms with Gasteiger partial charge >= 0.3 is 11.8 Å². The van der Waals surface area contributed by atoms with Crippen molar-refractivity contribution in [3.05, 3.63) is 60.2 Å². The Labute approximate surface area is 120 Å². The lowest BCUT2D eigenvalue weighted by Crippen LogP contribution is -2.64. The van der Waals surface area contributed by atoms with Gasteiger partial charge in [-0.25, -0.2) is 0 Å². The minimum Gasteiger partial charge on any atom is -0.497 e. The van der Waals surface area contributed by atoms with Crippen molar-refractivity contribution < 1.29 is 18.3 Å². The normalized spacial score (nSPS) is 20.0. The number of carbonyl (C=O) groups excluding carboxylic acids is 1. The van der Waals surface area contributed by atoms with E-state index in [-0.39, 0.29) is 0 Å². The van der Waals surface area contributed by atoms with Gasteiger partial charge in [-0.15, -0.1) is 0 Å². The molecule has 2 aromatic rings. The van der Waals surface area contributed by atoms with Crippen LogP contribution in [0.1, 0.15) is 11.6 Å². The van der Waals surface area contributed by atoms with E-state index < -0.39 is 17.9 Å². The number of hydrogen-bond acceptors (Lipinski definition) is 2. The van der Waals surface area contributed by atoms with Crippen LogP contribution in [0.3, 0.4) is 0 Å². The molecule has 0 spiro atoms. The van der Waals surface area contributed by atoms with E-state index in [1.807, 2.05) is 0 Å². The van der Waals surface area contributed by atoms with Gasteiger partial charge < -0.3 is 4.74 Å². The number of benzene rings is 2. The third-order valence-electron chi connectivity index (χ3n) is 3.57. The van der Waals surface area contributed by atoms with E-state index in [1.54, 1.807) is 54.6 Å². The SMILES string of the molecule is COc1ccc([C@@H]2N(c3ccccc3)C(=O)C2(F)F)cc1. The monoisotopic (exact) mass is 289 g/mol. The van der Waals surface area contributed by atoms with Crippen LogP contribution >= 0.6 is 0 Å². The van der Waals surface area contributed by atoms with Crippen molar-refractivity contribution >= 4 is 11.6 Å². The Hall–Kier alpha value is -2.43. The average Bonchev–Trinajstić information content (AvgIpc) is 2.53. The third kappa shape index (κ3) is 2.05. The summed E-state index contributed by atoms with van der Waals surface area (Å²) in [6.07, 6.45) is 0. The van der Waals surface area contributed by atoms with Crippen LogP contribution in [-0.4, -0.2) is 18.9 Å². The largest absolute Gasteiger partial charge is 0.497 e. The molecule has 3 rings (SSSR count). The molecule has 1 aliphatic heterocycles. The first-order valence-corrected chi connectivity index (χ1v) is 6.46. The second-order valence-corrected chi connectivity index (χ2v) is 4.81. The highest BCUT2D eigenvalue weighted by Crippen LogP contribution is 2.49. The molecule has 0 bridgehead atoms. The summed E-state index contributed by atoms with van der Waals surface area (Å²) in [6.45, 7) is 0. The molecule has 1 heterocycles. The molecule has 0 unspecified atom stereocenters. The average molecular weight is 289 g/mol. The molecular formula is C16H13F2NO2. The Morgan fingerprint density at radius 3 is 2.24 bits per heavy atom. The van der Waals surface area contributed by atoms with Crippen molar-refractivity contribution in [2.45, 2.75) is 12.0 Å². The number of hydrogen-bond donors (Lipinski definition) is 0. The lowest BCUT2D eigenvalue weighted by Gasteiger charge is -2.46. The topological polar surface area (TPSA) is 29.5 Å². The van der Waals surface area contributed by atoms with E-state index in [0.717, 1.165) is 4.90 Å². The number of ether oxygens (including phenoxy) is 1. The number of carbonyl (C=O) groups is 1. The molecule has 1 aliphatic rings.